The van der Waals surface area contributed by atoms with Gasteiger partial charge >= 0.3 is 6.03 Å². The predicted molar refractivity (Wildman–Crippen MR) is 115 cm³/mol. The molecule has 0 aliphatic rings. The smallest absolute Gasteiger partial charge is 0.324 e. The van der Waals surface area contributed by atoms with Gasteiger partial charge in [-0.15, -0.1) is 0 Å². The lowest BCUT2D eigenvalue weighted by Gasteiger charge is -2.11. The Morgan fingerprint density at radius 1 is 1.10 bits per heavy atom. The molecule has 0 unspecified atom stereocenters. The Labute approximate surface area is 173 Å². The third-order valence-electron chi connectivity index (χ3n) is 4.27. The molecule has 0 atom stereocenters. The average molecular weight is 412 g/mol. The highest BCUT2D eigenvalue weighted by Gasteiger charge is 2.14. The number of urea groups is 1. The summed E-state index contributed by atoms with van der Waals surface area (Å²) < 4.78 is 1.60. The number of rotatable bonds is 7. The SMILES string of the molecule is CCCCc1cc(NC(=O)Nc2ccc(Cl)cc2)n(-c2cccc(C(N)=O)c2)n1. The summed E-state index contributed by atoms with van der Waals surface area (Å²) in [6.07, 6.45) is 2.80. The number of nitrogens with two attached hydrogens (primary N) is 1. The molecule has 8 heteroatoms. The highest BCUT2D eigenvalue weighted by atomic mass is 35.5. The molecule has 7 nitrogen and oxygen atoms in total. The van der Waals surface area contributed by atoms with Crippen LogP contribution in [0.3, 0.4) is 0 Å². The van der Waals surface area contributed by atoms with Gasteiger partial charge in [0.05, 0.1) is 11.4 Å². The summed E-state index contributed by atoms with van der Waals surface area (Å²) in [4.78, 5) is 24.0. The van der Waals surface area contributed by atoms with E-state index in [0.29, 0.717) is 27.8 Å². The molecule has 3 amide bonds. The molecule has 29 heavy (non-hydrogen) atoms. The van der Waals surface area contributed by atoms with Crippen LogP contribution in [0.1, 0.15) is 35.8 Å². The zero-order chi connectivity index (χ0) is 20.8. The van der Waals surface area contributed by atoms with E-state index in [1.165, 1.54) is 0 Å². The summed E-state index contributed by atoms with van der Waals surface area (Å²) >= 11 is 5.87. The Kier molecular flexibility index (Phi) is 6.51. The lowest BCUT2D eigenvalue weighted by Crippen LogP contribution is -2.21. The molecule has 4 N–H and O–H groups in total. The maximum absolute atomic E-state index is 12.5. The first-order chi connectivity index (χ1) is 14.0. The first kappa shape index (κ1) is 20.4. The molecule has 0 radical (unpaired) electrons. The van der Waals surface area contributed by atoms with Crippen molar-refractivity contribution in [3.8, 4) is 5.69 Å². The molecular weight excluding hydrogens is 390 g/mol. The number of nitrogens with zero attached hydrogens (tertiary/aromatic N) is 2. The van der Waals surface area contributed by atoms with Gasteiger partial charge in [-0.2, -0.15) is 5.10 Å². The molecule has 0 aliphatic heterocycles. The van der Waals surface area contributed by atoms with Gasteiger partial charge in [0.2, 0.25) is 5.91 Å². The second-order valence-electron chi connectivity index (χ2n) is 6.54. The Morgan fingerprint density at radius 2 is 1.86 bits per heavy atom. The minimum atomic E-state index is -0.528. The van der Waals surface area contributed by atoms with Crippen LogP contribution in [0, 0.1) is 0 Å². The number of carbonyl (C=O) groups is 2. The van der Waals surface area contributed by atoms with Gasteiger partial charge in [0.15, 0.2) is 0 Å². The van der Waals surface area contributed by atoms with Crippen molar-refractivity contribution in [2.75, 3.05) is 10.6 Å². The van der Waals surface area contributed by atoms with Crippen LogP contribution in [0.2, 0.25) is 5.02 Å². The molecule has 0 bridgehead atoms. The molecule has 0 saturated carbocycles. The van der Waals surface area contributed by atoms with Crippen LogP contribution >= 0.6 is 11.6 Å². The molecule has 3 rings (SSSR count). The highest BCUT2D eigenvalue weighted by molar-refractivity contribution is 6.30. The maximum atomic E-state index is 12.5. The van der Waals surface area contributed by atoms with E-state index in [0.717, 1.165) is 25.0 Å². The van der Waals surface area contributed by atoms with Crippen LogP contribution < -0.4 is 16.4 Å². The standard InChI is InChI=1S/C21H22ClN5O2/c1-2-3-6-17-13-19(25-21(29)24-16-10-8-15(22)9-11-16)27(26-17)18-7-4-5-14(12-18)20(23)28/h4-5,7-13H,2-3,6H2,1H3,(H2,23,28)(H2,24,25,29). The van der Waals surface area contributed by atoms with E-state index < -0.39 is 11.9 Å². The number of halogens is 1. The number of benzene rings is 2. The highest BCUT2D eigenvalue weighted by Crippen LogP contribution is 2.20. The first-order valence-corrected chi connectivity index (χ1v) is 9.67. The second kappa shape index (κ2) is 9.25. The fourth-order valence-electron chi connectivity index (χ4n) is 2.80. The fraction of sp³-hybridized carbons (Fsp3) is 0.190. The zero-order valence-corrected chi connectivity index (χ0v) is 16.7. The molecule has 1 aromatic heterocycles. The first-order valence-electron chi connectivity index (χ1n) is 9.29. The van der Waals surface area contributed by atoms with Gasteiger partial charge in [0, 0.05) is 22.3 Å². The minimum Gasteiger partial charge on any atom is -0.366 e. The number of amides is 3. The van der Waals surface area contributed by atoms with Gasteiger partial charge in [-0.3, -0.25) is 10.1 Å². The molecule has 1 heterocycles. The summed E-state index contributed by atoms with van der Waals surface area (Å²) in [7, 11) is 0. The number of hydrogen-bond acceptors (Lipinski definition) is 3. The molecule has 0 spiro atoms. The van der Waals surface area contributed by atoms with Gasteiger partial charge in [-0.1, -0.05) is 31.0 Å². The third-order valence-corrected chi connectivity index (χ3v) is 4.52. The molecular formula is C21H22ClN5O2. The Balaban J connectivity index is 1.87. The average Bonchev–Trinajstić information content (AvgIpc) is 3.10. The largest absolute Gasteiger partial charge is 0.366 e. The second-order valence-corrected chi connectivity index (χ2v) is 6.97. The van der Waals surface area contributed by atoms with E-state index in [1.807, 2.05) is 6.07 Å². The Morgan fingerprint density at radius 3 is 2.55 bits per heavy atom. The molecule has 3 aromatic rings. The molecule has 2 aromatic carbocycles. The van der Waals surface area contributed by atoms with Crippen molar-refractivity contribution in [3.63, 3.8) is 0 Å². The van der Waals surface area contributed by atoms with Gasteiger partial charge in [0.1, 0.15) is 5.82 Å². The molecule has 150 valence electrons. The normalized spacial score (nSPS) is 10.6. The number of aromatic nitrogens is 2. The van der Waals surface area contributed by atoms with Crippen molar-refractivity contribution in [1.29, 1.82) is 0 Å². The summed E-state index contributed by atoms with van der Waals surface area (Å²) in [6, 6.07) is 15.0. The lowest BCUT2D eigenvalue weighted by molar-refractivity contribution is 0.1000. The van der Waals surface area contributed by atoms with Crippen LogP contribution in [0.25, 0.3) is 5.69 Å². The quantitative estimate of drug-likeness (QED) is 0.528. The Bertz CT molecular complexity index is 1010. The topological polar surface area (TPSA) is 102 Å². The van der Waals surface area contributed by atoms with Gasteiger partial charge in [0.25, 0.3) is 0 Å². The summed E-state index contributed by atoms with van der Waals surface area (Å²) in [5.41, 5.74) is 7.84. The van der Waals surface area contributed by atoms with E-state index in [1.54, 1.807) is 53.2 Å². The van der Waals surface area contributed by atoms with Crippen LogP contribution in [-0.4, -0.2) is 21.7 Å². The minimum absolute atomic E-state index is 0.365. The van der Waals surface area contributed by atoms with E-state index in [9.17, 15) is 9.59 Å². The van der Waals surface area contributed by atoms with E-state index in [-0.39, 0.29) is 0 Å². The summed E-state index contributed by atoms with van der Waals surface area (Å²) in [5, 5.41) is 10.8. The number of unbranched alkanes of at least 4 members (excludes halogenated alkanes) is 1. The monoisotopic (exact) mass is 411 g/mol. The van der Waals surface area contributed by atoms with E-state index >= 15 is 0 Å². The van der Waals surface area contributed by atoms with Crippen molar-refractivity contribution in [3.05, 3.63) is 70.9 Å². The van der Waals surface area contributed by atoms with Crippen LogP contribution in [-0.2, 0) is 6.42 Å². The maximum Gasteiger partial charge on any atom is 0.324 e. The summed E-state index contributed by atoms with van der Waals surface area (Å²) in [6.45, 7) is 2.10. The van der Waals surface area contributed by atoms with Crippen molar-refractivity contribution >= 4 is 35.0 Å². The van der Waals surface area contributed by atoms with Crippen LogP contribution in [0.4, 0.5) is 16.3 Å². The van der Waals surface area contributed by atoms with Gasteiger partial charge < -0.3 is 11.1 Å². The number of primary amides is 1. The van der Waals surface area contributed by atoms with Crippen molar-refractivity contribution < 1.29 is 9.59 Å². The van der Waals surface area contributed by atoms with Crippen molar-refractivity contribution in [2.24, 2.45) is 5.73 Å². The number of anilines is 2. The molecule has 0 saturated heterocycles. The van der Waals surface area contributed by atoms with Crippen LogP contribution in [0.5, 0.6) is 0 Å². The van der Waals surface area contributed by atoms with Crippen molar-refractivity contribution in [2.45, 2.75) is 26.2 Å². The number of hydrogen-bond donors (Lipinski definition) is 3. The van der Waals surface area contributed by atoms with Gasteiger partial charge in [-0.25, -0.2) is 9.48 Å². The van der Waals surface area contributed by atoms with Gasteiger partial charge in [-0.05, 0) is 55.3 Å². The fourth-order valence-corrected chi connectivity index (χ4v) is 2.92. The third kappa shape index (κ3) is 5.36. The number of nitrogens with one attached hydrogen (secondary N) is 2. The number of carbonyl (C=O) groups excluding carboxylic acids is 2. The van der Waals surface area contributed by atoms with E-state index in [2.05, 4.69) is 22.7 Å². The molecule has 0 aliphatic carbocycles. The van der Waals surface area contributed by atoms with Crippen LogP contribution in [0.15, 0.2) is 54.6 Å². The number of aryl methyl sites for hydroxylation is 1. The lowest BCUT2D eigenvalue weighted by atomic mass is 10.2. The molecule has 0 fully saturated rings. The van der Waals surface area contributed by atoms with E-state index in [4.69, 9.17) is 17.3 Å². The van der Waals surface area contributed by atoms with Crippen molar-refractivity contribution in [1.82, 2.24) is 9.78 Å². The summed E-state index contributed by atoms with van der Waals surface area (Å²) in [5.74, 6) is -0.0376. The zero-order valence-electron chi connectivity index (χ0n) is 16.0. The Hall–Kier alpha value is -3.32. The predicted octanol–water partition coefficient (Wildman–Crippen LogP) is 4.61.